The number of rotatable bonds is 3. The fourth-order valence-corrected chi connectivity index (χ4v) is 3.37. The van der Waals surface area contributed by atoms with Crippen LogP contribution in [0.4, 0.5) is 0 Å². The quantitative estimate of drug-likeness (QED) is 0.926. The summed E-state index contributed by atoms with van der Waals surface area (Å²) in [6.07, 6.45) is 5.53. The predicted octanol–water partition coefficient (Wildman–Crippen LogP) is 2.42. The molecule has 4 rings (SSSR count). The maximum absolute atomic E-state index is 12.8. The second-order valence-corrected chi connectivity index (χ2v) is 6.91. The van der Waals surface area contributed by atoms with Crippen molar-refractivity contribution in [3.8, 4) is 0 Å². The molecule has 0 spiro atoms. The Morgan fingerprint density at radius 2 is 2.21 bits per heavy atom. The lowest BCUT2D eigenvalue weighted by Gasteiger charge is -2.20. The Balaban J connectivity index is 1.57. The summed E-state index contributed by atoms with van der Waals surface area (Å²) in [6.45, 7) is 1.88. The van der Waals surface area contributed by atoms with E-state index in [1.165, 1.54) is 6.20 Å². The normalized spacial score (nSPS) is 18.8. The minimum absolute atomic E-state index is 0.0960. The van der Waals surface area contributed by atoms with Gasteiger partial charge in [-0.05, 0) is 37.3 Å². The van der Waals surface area contributed by atoms with Crippen molar-refractivity contribution in [1.82, 2.24) is 19.7 Å². The average molecular weight is 347 g/mol. The first-order valence-corrected chi connectivity index (χ1v) is 8.65. The van der Waals surface area contributed by atoms with Gasteiger partial charge in [0.25, 0.3) is 5.91 Å². The molecule has 0 saturated heterocycles. The highest BCUT2D eigenvalue weighted by Gasteiger charge is 2.33. The summed E-state index contributed by atoms with van der Waals surface area (Å²) in [5.41, 5.74) is 2.15. The molecule has 0 radical (unpaired) electrons. The highest BCUT2D eigenvalue weighted by Crippen LogP contribution is 2.40. The third-order valence-electron chi connectivity index (χ3n) is 4.69. The molecule has 1 saturated carbocycles. The van der Waals surface area contributed by atoms with Crippen LogP contribution in [0.25, 0.3) is 0 Å². The molecule has 2 aromatic heterocycles. The summed E-state index contributed by atoms with van der Waals surface area (Å²) in [4.78, 5) is 18.5. The van der Waals surface area contributed by atoms with Crippen LogP contribution in [-0.4, -0.2) is 37.2 Å². The number of hydrogen-bond donors (Lipinski definition) is 1. The molecule has 1 aliphatic carbocycles. The molecule has 0 aromatic carbocycles. The van der Waals surface area contributed by atoms with Gasteiger partial charge in [0, 0.05) is 25.5 Å². The molecule has 6 nitrogen and oxygen atoms in total. The zero-order chi connectivity index (χ0) is 16.7. The zero-order valence-corrected chi connectivity index (χ0v) is 14.0. The van der Waals surface area contributed by atoms with Gasteiger partial charge in [-0.3, -0.25) is 14.5 Å². The second-order valence-electron chi connectivity index (χ2n) is 6.50. The van der Waals surface area contributed by atoms with E-state index in [1.54, 1.807) is 17.2 Å². The van der Waals surface area contributed by atoms with Gasteiger partial charge in [0.05, 0.1) is 28.5 Å². The van der Waals surface area contributed by atoms with E-state index in [0.29, 0.717) is 29.6 Å². The van der Waals surface area contributed by atoms with E-state index in [1.807, 2.05) is 10.7 Å². The fourth-order valence-electron chi connectivity index (χ4n) is 3.17. The molecule has 7 heteroatoms. The molecule has 126 valence electrons. The molecule has 2 aliphatic rings. The van der Waals surface area contributed by atoms with E-state index >= 15 is 0 Å². The number of fused-ring (bicyclic) bond motifs is 1. The first kappa shape index (κ1) is 15.6. The molecule has 1 N–H and O–H groups in total. The van der Waals surface area contributed by atoms with Gasteiger partial charge in [-0.25, -0.2) is 0 Å². The number of amides is 1. The molecule has 1 atom stereocenters. The number of hydrogen-bond acceptors (Lipinski definition) is 4. The van der Waals surface area contributed by atoms with E-state index in [-0.39, 0.29) is 5.91 Å². The number of aryl methyl sites for hydroxylation is 1. The Hall–Kier alpha value is -1.92. The summed E-state index contributed by atoms with van der Waals surface area (Å²) in [7, 11) is 0. The van der Waals surface area contributed by atoms with Crippen LogP contribution in [-0.2, 0) is 13.1 Å². The highest BCUT2D eigenvalue weighted by atomic mass is 35.5. The van der Waals surface area contributed by atoms with Gasteiger partial charge in [-0.15, -0.1) is 0 Å². The van der Waals surface area contributed by atoms with Crippen LogP contribution in [0.1, 0.15) is 47.1 Å². The van der Waals surface area contributed by atoms with Crippen LogP contribution in [0, 0.1) is 5.92 Å². The lowest BCUT2D eigenvalue weighted by atomic mass is 10.1. The van der Waals surface area contributed by atoms with E-state index in [4.69, 9.17) is 11.6 Å². The molecular weight excluding hydrogens is 328 g/mol. The maximum Gasteiger partial charge on any atom is 0.255 e. The molecule has 3 heterocycles. The van der Waals surface area contributed by atoms with Gasteiger partial charge in [0.1, 0.15) is 6.10 Å². The molecule has 0 bridgehead atoms. The van der Waals surface area contributed by atoms with Crippen LogP contribution in [0.5, 0.6) is 0 Å². The smallest absolute Gasteiger partial charge is 0.255 e. The number of pyridine rings is 1. The molecule has 1 amide bonds. The Labute approximate surface area is 145 Å². The number of aliphatic hydroxyl groups excluding tert-OH is 1. The number of nitrogens with zero attached hydrogens (tertiary/aromatic N) is 4. The van der Waals surface area contributed by atoms with E-state index < -0.39 is 6.10 Å². The average Bonchev–Trinajstić information content (AvgIpc) is 3.38. The van der Waals surface area contributed by atoms with Gasteiger partial charge < -0.3 is 10.0 Å². The van der Waals surface area contributed by atoms with Crippen LogP contribution < -0.4 is 0 Å². The van der Waals surface area contributed by atoms with Crippen molar-refractivity contribution in [3.05, 3.63) is 46.5 Å². The summed E-state index contributed by atoms with van der Waals surface area (Å²) >= 11 is 6.11. The molecule has 1 aliphatic heterocycles. The number of carbonyl (C=O) groups is 1. The molecule has 1 fully saturated rings. The predicted molar refractivity (Wildman–Crippen MR) is 88.5 cm³/mol. The third-order valence-corrected chi connectivity index (χ3v) is 5.00. The Kier molecular flexibility index (Phi) is 4.02. The van der Waals surface area contributed by atoms with E-state index in [2.05, 4.69) is 10.1 Å². The fraction of sp³-hybridized carbons (Fsp3) is 0.471. The molecule has 24 heavy (non-hydrogen) atoms. The number of carbonyl (C=O) groups excluding carboxylic acids is 1. The van der Waals surface area contributed by atoms with Gasteiger partial charge in [0.2, 0.25) is 0 Å². The van der Waals surface area contributed by atoms with Crippen molar-refractivity contribution < 1.29 is 9.90 Å². The van der Waals surface area contributed by atoms with Crippen molar-refractivity contribution in [2.24, 2.45) is 5.92 Å². The highest BCUT2D eigenvalue weighted by molar-refractivity contribution is 6.33. The minimum Gasteiger partial charge on any atom is -0.386 e. The van der Waals surface area contributed by atoms with Crippen molar-refractivity contribution in [2.75, 3.05) is 6.54 Å². The van der Waals surface area contributed by atoms with Crippen LogP contribution >= 0.6 is 11.6 Å². The molecule has 2 aromatic rings. The Bertz CT molecular complexity index is 772. The largest absolute Gasteiger partial charge is 0.386 e. The summed E-state index contributed by atoms with van der Waals surface area (Å²) in [6, 6.07) is 3.58. The Morgan fingerprint density at radius 3 is 2.96 bits per heavy atom. The topological polar surface area (TPSA) is 71.2 Å². The van der Waals surface area contributed by atoms with Crippen LogP contribution in [0.15, 0.2) is 24.5 Å². The third kappa shape index (κ3) is 2.91. The van der Waals surface area contributed by atoms with Crippen molar-refractivity contribution in [2.45, 2.75) is 38.5 Å². The van der Waals surface area contributed by atoms with Crippen LogP contribution in [0.2, 0.25) is 5.02 Å². The van der Waals surface area contributed by atoms with E-state index in [0.717, 1.165) is 37.2 Å². The monoisotopic (exact) mass is 346 g/mol. The number of halogens is 1. The Morgan fingerprint density at radius 1 is 1.38 bits per heavy atom. The van der Waals surface area contributed by atoms with Gasteiger partial charge in [-0.1, -0.05) is 11.6 Å². The van der Waals surface area contributed by atoms with Crippen molar-refractivity contribution >= 4 is 17.5 Å². The van der Waals surface area contributed by atoms with Crippen molar-refractivity contribution in [1.29, 1.82) is 0 Å². The lowest BCUT2D eigenvalue weighted by Crippen LogP contribution is -2.31. The van der Waals surface area contributed by atoms with Gasteiger partial charge >= 0.3 is 0 Å². The summed E-state index contributed by atoms with van der Waals surface area (Å²) in [5.74, 6) is 0.249. The SMILES string of the molecule is O=C(c1ccncc1Cl)N1CCCn2nc([C@@H](O)C3CC3)cc2C1. The standard InChI is InChI=1S/C17H19ClN4O2/c18-14-9-19-5-4-13(14)17(24)21-6-1-7-22-12(10-21)8-15(20-22)16(23)11-2-3-11/h4-5,8-9,11,16,23H,1-3,6-7,10H2/t16-/m0/s1. The minimum atomic E-state index is -0.483. The number of aliphatic hydroxyl groups is 1. The molecule has 0 unspecified atom stereocenters. The van der Waals surface area contributed by atoms with Crippen LogP contribution in [0.3, 0.4) is 0 Å². The summed E-state index contributed by atoms with van der Waals surface area (Å²) in [5, 5.41) is 15.2. The zero-order valence-electron chi connectivity index (χ0n) is 13.2. The first-order chi connectivity index (χ1) is 11.6. The van der Waals surface area contributed by atoms with Gasteiger partial charge in [0.15, 0.2) is 0 Å². The molecular formula is C17H19ClN4O2. The van der Waals surface area contributed by atoms with Crippen molar-refractivity contribution in [3.63, 3.8) is 0 Å². The maximum atomic E-state index is 12.8. The lowest BCUT2D eigenvalue weighted by molar-refractivity contribution is 0.0746. The second kappa shape index (κ2) is 6.18. The van der Waals surface area contributed by atoms with E-state index in [9.17, 15) is 9.90 Å². The first-order valence-electron chi connectivity index (χ1n) is 8.27. The summed E-state index contributed by atoms with van der Waals surface area (Å²) < 4.78 is 1.92. The van der Waals surface area contributed by atoms with Gasteiger partial charge in [-0.2, -0.15) is 5.10 Å². The number of aromatic nitrogens is 3.